The van der Waals surface area contributed by atoms with Gasteiger partial charge in [0.15, 0.2) is 0 Å². The Morgan fingerprint density at radius 1 is 1.15 bits per heavy atom. The van der Waals surface area contributed by atoms with Crippen molar-refractivity contribution in [2.24, 2.45) is 11.8 Å². The summed E-state index contributed by atoms with van der Waals surface area (Å²) in [7, 11) is -3.47. The number of rotatable bonds is 6. The van der Waals surface area contributed by atoms with Crippen LogP contribution >= 0.6 is 0 Å². The monoisotopic (exact) mass is 373 g/mol. The molecule has 0 radical (unpaired) electrons. The van der Waals surface area contributed by atoms with Crippen LogP contribution in [0.4, 0.5) is 0 Å². The van der Waals surface area contributed by atoms with E-state index in [1.807, 2.05) is 18.3 Å². The van der Waals surface area contributed by atoms with Crippen molar-refractivity contribution in [3.05, 3.63) is 60.4 Å². The van der Waals surface area contributed by atoms with Crippen molar-refractivity contribution in [3.63, 3.8) is 0 Å². The predicted molar refractivity (Wildman–Crippen MR) is 97.9 cm³/mol. The van der Waals surface area contributed by atoms with Crippen molar-refractivity contribution >= 4 is 10.0 Å². The molecule has 2 aliphatic rings. The first-order chi connectivity index (χ1) is 12.6. The third-order valence-electron chi connectivity index (χ3n) is 5.23. The standard InChI is InChI=1S/C19H23N3O3S/c23-26(24,17-6-2-1-3-7-17)21-10-16-14-25-19-13-22(12-18(16)19)11-15-5-4-8-20-9-15/h1-9,16,18-19,21H,10-14H2/t16-,18+,19+/m1/s1. The van der Waals surface area contributed by atoms with Gasteiger partial charge in [0, 0.05) is 50.4 Å². The van der Waals surface area contributed by atoms with Crippen LogP contribution in [0.1, 0.15) is 5.56 Å². The van der Waals surface area contributed by atoms with E-state index in [-0.39, 0.29) is 12.0 Å². The van der Waals surface area contributed by atoms with Crippen molar-refractivity contribution < 1.29 is 13.2 Å². The zero-order valence-corrected chi connectivity index (χ0v) is 15.3. The highest BCUT2D eigenvalue weighted by Gasteiger charge is 2.43. The van der Waals surface area contributed by atoms with E-state index in [1.165, 1.54) is 5.56 Å². The number of hydrogen-bond donors (Lipinski definition) is 1. The van der Waals surface area contributed by atoms with Crippen LogP contribution in [0.2, 0.25) is 0 Å². The number of nitrogens with zero attached hydrogens (tertiary/aromatic N) is 2. The summed E-state index contributed by atoms with van der Waals surface area (Å²) >= 11 is 0. The molecule has 2 aromatic rings. The summed E-state index contributed by atoms with van der Waals surface area (Å²) in [5, 5.41) is 0. The molecule has 6 nitrogen and oxygen atoms in total. The molecule has 26 heavy (non-hydrogen) atoms. The first kappa shape index (κ1) is 17.6. The fourth-order valence-electron chi connectivity index (χ4n) is 3.87. The van der Waals surface area contributed by atoms with Gasteiger partial charge in [0.05, 0.1) is 17.6 Å². The summed E-state index contributed by atoms with van der Waals surface area (Å²) in [6.07, 6.45) is 3.86. The van der Waals surface area contributed by atoms with Gasteiger partial charge in [-0.1, -0.05) is 24.3 Å². The van der Waals surface area contributed by atoms with Crippen LogP contribution in [0.5, 0.6) is 0 Å². The van der Waals surface area contributed by atoms with E-state index >= 15 is 0 Å². The van der Waals surface area contributed by atoms with Crippen molar-refractivity contribution in [2.45, 2.75) is 17.5 Å². The first-order valence-corrected chi connectivity index (χ1v) is 10.4. The molecule has 138 valence electrons. The molecule has 0 spiro atoms. The maximum Gasteiger partial charge on any atom is 0.240 e. The second-order valence-corrected chi connectivity index (χ2v) is 8.78. The molecule has 3 heterocycles. The quantitative estimate of drug-likeness (QED) is 0.831. The number of likely N-dealkylation sites (tertiary alicyclic amines) is 1. The fraction of sp³-hybridized carbons (Fsp3) is 0.421. The maximum absolute atomic E-state index is 12.4. The molecular formula is C19H23N3O3S. The second kappa shape index (κ2) is 7.44. The summed E-state index contributed by atoms with van der Waals surface area (Å²) in [6, 6.07) is 12.5. The van der Waals surface area contributed by atoms with Crippen molar-refractivity contribution in [2.75, 3.05) is 26.2 Å². The molecule has 0 bridgehead atoms. The zero-order chi connectivity index (χ0) is 18.0. The van der Waals surface area contributed by atoms with Gasteiger partial charge >= 0.3 is 0 Å². The Labute approximate surface area is 154 Å². The predicted octanol–water partition coefficient (Wildman–Crippen LogP) is 1.51. The summed E-state index contributed by atoms with van der Waals surface area (Å²) in [6.45, 7) is 3.71. The van der Waals surface area contributed by atoms with Gasteiger partial charge in [-0.2, -0.15) is 0 Å². The molecule has 1 aromatic carbocycles. The summed E-state index contributed by atoms with van der Waals surface area (Å²) in [5.41, 5.74) is 1.19. The number of aromatic nitrogens is 1. The van der Waals surface area contributed by atoms with Gasteiger partial charge in [-0.05, 0) is 23.8 Å². The lowest BCUT2D eigenvalue weighted by atomic mass is 9.93. The van der Waals surface area contributed by atoms with Crippen LogP contribution in [-0.4, -0.2) is 50.6 Å². The Morgan fingerprint density at radius 2 is 2.00 bits per heavy atom. The fourth-order valence-corrected chi connectivity index (χ4v) is 4.98. The van der Waals surface area contributed by atoms with E-state index in [0.717, 1.165) is 19.6 Å². The lowest BCUT2D eigenvalue weighted by Gasteiger charge is -2.20. The highest BCUT2D eigenvalue weighted by atomic mass is 32.2. The number of hydrogen-bond acceptors (Lipinski definition) is 5. The van der Waals surface area contributed by atoms with Crippen LogP contribution in [0.15, 0.2) is 59.8 Å². The van der Waals surface area contributed by atoms with E-state index < -0.39 is 10.0 Å². The minimum Gasteiger partial charge on any atom is -0.376 e. The number of ether oxygens (including phenoxy) is 1. The number of fused-ring (bicyclic) bond motifs is 1. The molecule has 3 atom stereocenters. The Hall–Kier alpha value is -1.80. The minimum atomic E-state index is -3.47. The number of sulfonamides is 1. The minimum absolute atomic E-state index is 0.193. The number of benzene rings is 1. The molecule has 1 N–H and O–H groups in total. The van der Waals surface area contributed by atoms with Crippen molar-refractivity contribution in [1.82, 2.24) is 14.6 Å². The first-order valence-electron chi connectivity index (χ1n) is 8.89. The van der Waals surface area contributed by atoms with E-state index in [2.05, 4.69) is 20.7 Å². The lowest BCUT2D eigenvalue weighted by Crippen LogP contribution is -2.34. The van der Waals surface area contributed by atoms with Crippen LogP contribution < -0.4 is 4.72 Å². The average Bonchev–Trinajstić information content (AvgIpc) is 3.22. The van der Waals surface area contributed by atoms with Crippen LogP contribution in [0.3, 0.4) is 0 Å². The number of pyridine rings is 1. The molecule has 4 rings (SSSR count). The molecule has 0 saturated carbocycles. The van der Waals surface area contributed by atoms with Gasteiger partial charge in [0.2, 0.25) is 10.0 Å². The molecule has 2 saturated heterocycles. The molecular weight excluding hydrogens is 350 g/mol. The topological polar surface area (TPSA) is 71.5 Å². The van der Waals surface area contributed by atoms with Gasteiger partial charge in [-0.25, -0.2) is 13.1 Å². The molecule has 0 amide bonds. The average molecular weight is 373 g/mol. The van der Waals surface area contributed by atoms with Gasteiger partial charge < -0.3 is 4.74 Å². The molecule has 0 unspecified atom stereocenters. The van der Waals surface area contributed by atoms with Crippen LogP contribution in [0.25, 0.3) is 0 Å². The smallest absolute Gasteiger partial charge is 0.240 e. The molecule has 0 aliphatic carbocycles. The highest BCUT2D eigenvalue weighted by molar-refractivity contribution is 7.89. The van der Waals surface area contributed by atoms with Gasteiger partial charge in [-0.3, -0.25) is 9.88 Å². The summed E-state index contributed by atoms with van der Waals surface area (Å²) in [5.74, 6) is 0.572. The van der Waals surface area contributed by atoms with E-state index in [9.17, 15) is 8.42 Å². The molecule has 2 aliphatic heterocycles. The Balaban J connectivity index is 1.35. The van der Waals surface area contributed by atoms with Crippen molar-refractivity contribution in [1.29, 1.82) is 0 Å². The largest absolute Gasteiger partial charge is 0.376 e. The SMILES string of the molecule is O=S(=O)(NC[C@@H]1CO[C@H]2CN(Cc3cccnc3)C[C@@H]12)c1ccccc1. The number of nitrogens with one attached hydrogen (secondary N) is 1. The van der Waals surface area contributed by atoms with E-state index in [4.69, 9.17) is 4.74 Å². The summed E-state index contributed by atoms with van der Waals surface area (Å²) in [4.78, 5) is 6.84. The summed E-state index contributed by atoms with van der Waals surface area (Å²) < 4.78 is 33.5. The van der Waals surface area contributed by atoms with E-state index in [1.54, 1.807) is 30.5 Å². The third kappa shape index (κ3) is 3.81. The van der Waals surface area contributed by atoms with E-state index in [0.29, 0.717) is 24.0 Å². The Bertz CT molecular complexity index is 830. The normalized spacial score (nSPS) is 26.1. The third-order valence-corrected chi connectivity index (χ3v) is 6.67. The molecule has 1 aromatic heterocycles. The molecule has 7 heteroatoms. The van der Waals surface area contributed by atoms with Gasteiger partial charge in [-0.15, -0.1) is 0 Å². The van der Waals surface area contributed by atoms with Gasteiger partial charge in [0.25, 0.3) is 0 Å². The maximum atomic E-state index is 12.4. The Morgan fingerprint density at radius 3 is 2.77 bits per heavy atom. The lowest BCUT2D eigenvalue weighted by molar-refractivity contribution is 0.0942. The highest BCUT2D eigenvalue weighted by Crippen LogP contribution is 2.34. The zero-order valence-electron chi connectivity index (χ0n) is 14.5. The Kier molecular flexibility index (Phi) is 5.04. The van der Waals surface area contributed by atoms with Crippen LogP contribution in [0, 0.1) is 11.8 Å². The van der Waals surface area contributed by atoms with Gasteiger partial charge in [0.1, 0.15) is 0 Å². The van der Waals surface area contributed by atoms with Crippen molar-refractivity contribution in [3.8, 4) is 0 Å². The van der Waals surface area contributed by atoms with Crippen LogP contribution in [-0.2, 0) is 21.3 Å². The second-order valence-electron chi connectivity index (χ2n) is 7.02. The molecule has 2 fully saturated rings.